The number of carbonyl (C=O) groups excluding carboxylic acids is 1. The number of nitrogens with one attached hydrogen (secondary N) is 1. The van der Waals surface area contributed by atoms with Crippen LogP contribution in [0.5, 0.6) is 0 Å². The van der Waals surface area contributed by atoms with Crippen LogP contribution in [-0.2, 0) is 11.3 Å². The molecule has 0 aliphatic heterocycles. The molecule has 2 aromatic rings. The van der Waals surface area contributed by atoms with Gasteiger partial charge >= 0.3 is 0 Å². The number of aromatic nitrogens is 2. The second-order valence-electron chi connectivity index (χ2n) is 3.68. The summed E-state index contributed by atoms with van der Waals surface area (Å²) in [6.07, 6.45) is 3.34. The molecule has 18 heavy (non-hydrogen) atoms. The average molecular weight is 284 g/mol. The molecule has 4 nitrogen and oxygen atoms in total. The van der Waals surface area contributed by atoms with Gasteiger partial charge in [-0.25, -0.2) is 4.98 Å². The number of nitrogens with zero attached hydrogens (tertiary/aromatic N) is 2. The van der Waals surface area contributed by atoms with Crippen molar-refractivity contribution in [2.75, 3.05) is 7.05 Å². The van der Waals surface area contributed by atoms with Gasteiger partial charge in [0.2, 0.25) is 5.91 Å². The smallest absolute Gasteiger partial charge is 0.239 e. The van der Waals surface area contributed by atoms with Gasteiger partial charge in [-0.3, -0.25) is 4.79 Å². The Hall–Kier alpha value is -1.52. The van der Waals surface area contributed by atoms with E-state index in [1.807, 2.05) is 0 Å². The summed E-state index contributed by atoms with van der Waals surface area (Å²) in [4.78, 5) is 15.6. The fourth-order valence-electron chi connectivity index (χ4n) is 1.58. The van der Waals surface area contributed by atoms with Crippen LogP contribution in [0.2, 0.25) is 10.0 Å². The molecular weight excluding hydrogens is 273 g/mol. The molecule has 1 aromatic heterocycles. The number of carbonyl (C=O) groups is 1. The molecule has 0 radical (unpaired) electrons. The lowest BCUT2D eigenvalue weighted by Crippen LogP contribution is -2.23. The molecule has 0 unspecified atom stereocenters. The molecule has 1 amide bonds. The van der Waals surface area contributed by atoms with Crippen LogP contribution >= 0.6 is 23.2 Å². The van der Waals surface area contributed by atoms with Crippen LogP contribution < -0.4 is 5.32 Å². The Bertz CT molecular complexity index is 580. The molecule has 1 heterocycles. The number of rotatable bonds is 3. The normalized spacial score (nSPS) is 10.4. The Kier molecular flexibility index (Phi) is 3.89. The van der Waals surface area contributed by atoms with Crippen LogP contribution in [0.25, 0.3) is 11.4 Å². The molecule has 0 saturated heterocycles. The molecule has 94 valence electrons. The maximum Gasteiger partial charge on any atom is 0.239 e. The zero-order valence-corrected chi connectivity index (χ0v) is 11.2. The highest BCUT2D eigenvalue weighted by Gasteiger charge is 2.12. The fraction of sp³-hybridized carbons (Fsp3) is 0.167. The van der Waals surface area contributed by atoms with Crippen LogP contribution in [0.15, 0.2) is 30.6 Å². The predicted molar refractivity (Wildman–Crippen MR) is 71.7 cm³/mol. The third kappa shape index (κ3) is 2.66. The van der Waals surface area contributed by atoms with Gasteiger partial charge in [-0.2, -0.15) is 0 Å². The molecule has 0 fully saturated rings. The highest BCUT2D eigenvalue weighted by Crippen LogP contribution is 2.29. The Morgan fingerprint density at radius 2 is 2.22 bits per heavy atom. The van der Waals surface area contributed by atoms with Crippen molar-refractivity contribution in [3.63, 3.8) is 0 Å². The molecule has 0 saturated carbocycles. The van der Waals surface area contributed by atoms with Gasteiger partial charge in [0.25, 0.3) is 0 Å². The van der Waals surface area contributed by atoms with Crippen LogP contribution in [0.1, 0.15) is 0 Å². The van der Waals surface area contributed by atoms with Gasteiger partial charge in [0.05, 0.1) is 5.02 Å². The summed E-state index contributed by atoms with van der Waals surface area (Å²) in [5, 5.41) is 3.68. The highest BCUT2D eigenvalue weighted by atomic mass is 35.5. The largest absolute Gasteiger partial charge is 0.358 e. The van der Waals surface area contributed by atoms with E-state index < -0.39 is 0 Å². The monoisotopic (exact) mass is 283 g/mol. The third-order valence-electron chi connectivity index (χ3n) is 2.48. The lowest BCUT2D eigenvalue weighted by Gasteiger charge is -2.08. The number of amides is 1. The zero-order valence-electron chi connectivity index (χ0n) is 9.65. The molecule has 0 aliphatic rings. The zero-order chi connectivity index (χ0) is 13.1. The molecule has 0 aliphatic carbocycles. The van der Waals surface area contributed by atoms with E-state index in [1.165, 1.54) is 0 Å². The van der Waals surface area contributed by atoms with Crippen molar-refractivity contribution in [3.8, 4) is 11.4 Å². The Labute approximate surface area is 115 Å². The van der Waals surface area contributed by atoms with Gasteiger partial charge in [-0.15, -0.1) is 0 Å². The van der Waals surface area contributed by atoms with Crippen molar-refractivity contribution in [2.24, 2.45) is 0 Å². The fourth-order valence-corrected chi connectivity index (χ4v) is 1.96. The maximum absolute atomic E-state index is 11.4. The first-order chi connectivity index (χ1) is 8.61. The lowest BCUT2D eigenvalue weighted by atomic mass is 10.2. The van der Waals surface area contributed by atoms with Crippen molar-refractivity contribution in [1.29, 1.82) is 0 Å². The predicted octanol–water partition coefficient (Wildman–Crippen LogP) is 2.60. The van der Waals surface area contributed by atoms with Gasteiger partial charge in [0.15, 0.2) is 0 Å². The maximum atomic E-state index is 11.4. The minimum absolute atomic E-state index is 0.104. The summed E-state index contributed by atoms with van der Waals surface area (Å²) in [7, 11) is 1.59. The topological polar surface area (TPSA) is 46.9 Å². The molecule has 2 rings (SSSR count). The summed E-state index contributed by atoms with van der Waals surface area (Å²) in [6, 6.07) is 5.14. The minimum atomic E-state index is -0.104. The van der Waals surface area contributed by atoms with E-state index in [0.717, 1.165) is 0 Å². The van der Waals surface area contributed by atoms with Crippen molar-refractivity contribution in [3.05, 3.63) is 40.6 Å². The second-order valence-corrected chi connectivity index (χ2v) is 4.52. The van der Waals surface area contributed by atoms with Crippen molar-refractivity contribution >= 4 is 29.1 Å². The Morgan fingerprint density at radius 1 is 1.44 bits per heavy atom. The number of imidazole rings is 1. The molecule has 1 aromatic carbocycles. The van der Waals surface area contributed by atoms with E-state index >= 15 is 0 Å². The second kappa shape index (κ2) is 5.42. The highest BCUT2D eigenvalue weighted by molar-refractivity contribution is 6.35. The number of benzene rings is 1. The van der Waals surface area contributed by atoms with E-state index in [1.54, 1.807) is 42.2 Å². The van der Waals surface area contributed by atoms with Crippen LogP contribution in [-0.4, -0.2) is 22.5 Å². The SMILES string of the molecule is CNC(=O)Cn1ccnc1-c1cc(Cl)ccc1Cl. The van der Waals surface area contributed by atoms with Crippen LogP contribution in [0.4, 0.5) is 0 Å². The van der Waals surface area contributed by atoms with Gasteiger partial charge in [0, 0.05) is 30.0 Å². The summed E-state index contributed by atoms with van der Waals surface area (Å²) >= 11 is 12.1. The van der Waals surface area contributed by atoms with Crippen molar-refractivity contribution in [2.45, 2.75) is 6.54 Å². The molecule has 6 heteroatoms. The standard InChI is InChI=1S/C12H11Cl2N3O/c1-15-11(18)7-17-5-4-16-12(17)9-6-8(13)2-3-10(9)14/h2-6H,7H2,1H3,(H,15,18). The summed E-state index contributed by atoms with van der Waals surface area (Å²) in [5.41, 5.74) is 0.707. The number of likely N-dealkylation sites (N-methyl/N-ethyl adjacent to an activating group) is 1. The quantitative estimate of drug-likeness (QED) is 0.941. The molecule has 0 spiro atoms. The first-order valence-electron chi connectivity index (χ1n) is 5.29. The average Bonchev–Trinajstić information content (AvgIpc) is 2.80. The molecule has 0 atom stereocenters. The Morgan fingerprint density at radius 3 is 2.94 bits per heavy atom. The van der Waals surface area contributed by atoms with E-state index in [9.17, 15) is 4.79 Å². The molecular formula is C12H11Cl2N3O. The molecule has 1 N–H and O–H groups in total. The lowest BCUT2D eigenvalue weighted by molar-refractivity contribution is -0.121. The summed E-state index contributed by atoms with van der Waals surface area (Å²) in [5.74, 6) is 0.513. The molecule has 0 bridgehead atoms. The van der Waals surface area contributed by atoms with E-state index in [4.69, 9.17) is 23.2 Å². The summed E-state index contributed by atoms with van der Waals surface area (Å²) in [6.45, 7) is 0.189. The van der Waals surface area contributed by atoms with E-state index in [0.29, 0.717) is 21.4 Å². The number of hydrogen-bond acceptors (Lipinski definition) is 2. The van der Waals surface area contributed by atoms with Gasteiger partial charge < -0.3 is 9.88 Å². The van der Waals surface area contributed by atoms with Crippen molar-refractivity contribution < 1.29 is 4.79 Å². The van der Waals surface area contributed by atoms with Crippen molar-refractivity contribution in [1.82, 2.24) is 14.9 Å². The van der Waals surface area contributed by atoms with Crippen LogP contribution in [0, 0.1) is 0 Å². The van der Waals surface area contributed by atoms with E-state index in [2.05, 4.69) is 10.3 Å². The van der Waals surface area contributed by atoms with Crippen LogP contribution in [0.3, 0.4) is 0 Å². The Balaban J connectivity index is 2.42. The van der Waals surface area contributed by atoms with E-state index in [-0.39, 0.29) is 12.5 Å². The first-order valence-corrected chi connectivity index (χ1v) is 6.04. The third-order valence-corrected chi connectivity index (χ3v) is 3.04. The van der Waals surface area contributed by atoms with Gasteiger partial charge in [-0.05, 0) is 18.2 Å². The number of halogens is 2. The minimum Gasteiger partial charge on any atom is -0.358 e. The summed E-state index contributed by atoms with van der Waals surface area (Å²) < 4.78 is 1.72. The number of hydrogen-bond donors (Lipinski definition) is 1. The van der Waals surface area contributed by atoms with Gasteiger partial charge in [0.1, 0.15) is 12.4 Å². The first kappa shape index (κ1) is 12.9. The van der Waals surface area contributed by atoms with Gasteiger partial charge in [-0.1, -0.05) is 23.2 Å².